The van der Waals surface area contributed by atoms with Gasteiger partial charge >= 0.3 is 12.4 Å². The fourth-order valence-electron chi connectivity index (χ4n) is 2.68. The molecule has 0 bridgehead atoms. The third kappa shape index (κ3) is 4.80. The van der Waals surface area contributed by atoms with Gasteiger partial charge in [-0.2, -0.15) is 26.3 Å². The second-order valence-electron chi connectivity index (χ2n) is 5.81. The van der Waals surface area contributed by atoms with Gasteiger partial charge in [-0.05, 0) is 6.07 Å². The molecule has 0 heterocycles. The first-order valence-electron chi connectivity index (χ1n) is 7.50. The SMILES string of the molecule is CN(c1c([N+](=O)[O-])cc([N+](=O)[O-])cc1C(F)(F)F)c1c(Cl)cc(Br)c(C(F)(F)F)c1Cl. The first kappa shape index (κ1) is 24.9. The van der Waals surface area contributed by atoms with Gasteiger partial charge in [-0.25, -0.2) is 0 Å². The van der Waals surface area contributed by atoms with Gasteiger partial charge in [-0.15, -0.1) is 0 Å². The number of anilines is 2. The number of hydrogen-bond donors (Lipinski definition) is 0. The molecule has 31 heavy (non-hydrogen) atoms. The van der Waals surface area contributed by atoms with Crippen LogP contribution in [0.25, 0.3) is 0 Å². The van der Waals surface area contributed by atoms with Gasteiger partial charge in [0.05, 0.1) is 42.8 Å². The van der Waals surface area contributed by atoms with Crippen molar-refractivity contribution in [2.24, 2.45) is 0 Å². The predicted molar refractivity (Wildman–Crippen MR) is 102 cm³/mol. The lowest BCUT2D eigenvalue weighted by molar-refractivity contribution is -0.394. The zero-order valence-electron chi connectivity index (χ0n) is 14.6. The number of non-ortho nitro benzene ring substituents is 1. The Morgan fingerprint density at radius 1 is 0.935 bits per heavy atom. The molecule has 168 valence electrons. The van der Waals surface area contributed by atoms with Crippen LogP contribution >= 0.6 is 39.1 Å². The molecule has 0 aromatic heterocycles. The van der Waals surface area contributed by atoms with Gasteiger partial charge < -0.3 is 4.90 Å². The molecule has 0 unspecified atom stereocenters. The Labute approximate surface area is 186 Å². The second-order valence-corrected chi connectivity index (χ2v) is 7.45. The molecule has 0 amide bonds. The number of benzene rings is 2. The van der Waals surface area contributed by atoms with Gasteiger partial charge in [0, 0.05) is 17.6 Å². The molecular weight excluding hydrogens is 551 g/mol. The van der Waals surface area contributed by atoms with E-state index in [9.17, 15) is 46.6 Å². The Kier molecular flexibility index (Phi) is 6.69. The van der Waals surface area contributed by atoms with E-state index >= 15 is 0 Å². The van der Waals surface area contributed by atoms with Crippen molar-refractivity contribution in [1.82, 2.24) is 0 Å². The summed E-state index contributed by atoms with van der Waals surface area (Å²) in [5, 5.41) is 20.6. The molecule has 0 fully saturated rings. The highest BCUT2D eigenvalue weighted by Gasteiger charge is 2.43. The number of nitrogens with zero attached hydrogens (tertiary/aromatic N) is 3. The fourth-order valence-corrected chi connectivity index (χ4v) is 4.39. The summed E-state index contributed by atoms with van der Waals surface area (Å²) in [4.78, 5) is 20.0. The van der Waals surface area contributed by atoms with E-state index in [-0.39, 0.29) is 12.1 Å². The molecule has 0 aliphatic rings. The number of nitro groups is 2. The van der Waals surface area contributed by atoms with Crippen molar-refractivity contribution in [3.63, 3.8) is 0 Å². The standard InChI is InChI=1S/C15H6BrCl2F6N3O4/c1-25(13-8(17)4-7(16)10(11(13)18)15(22,23)24)12-6(14(19,20)21)2-5(26(28)29)3-9(12)27(30)31/h2-4H,1H3. The number of alkyl halides is 6. The van der Waals surface area contributed by atoms with Gasteiger partial charge in [0.1, 0.15) is 5.69 Å². The smallest absolute Gasteiger partial charge is 0.336 e. The normalized spacial score (nSPS) is 12.1. The monoisotopic (exact) mass is 555 g/mol. The maximum Gasteiger partial charge on any atom is 0.419 e. The van der Waals surface area contributed by atoms with Crippen molar-refractivity contribution < 1.29 is 36.2 Å². The zero-order valence-corrected chi connectivity index (χ0v) is 17.7. The van der Waals surface area contributed by atoms with Gasteiger partial charge in [-0.3, -0.25) is 20.2 Å². The van der Waals surface area contributed by atoms with Crippen molar-refractivity contribution >= 4 is 61.9 Å². The van der Waals surface area contributed by atoms with Gasteiger partial charge in [0.2, 0.25) is 0 Å². The van der Waals surface area contributed by atoms with E-state index in [2.05, 4.69) is 15.9 Å². The quantitative estimate of drug-likeness (QED) is 0.223. The molecule has 0 radical (unpaired) electrons. The maximum absolute atomic E-state index is 13.6. The minimum Gasteiger partial charge on any atom is -0.336 e. The number of rotatable bonds is 4. The van der Waals surface area contributed by atoms with Crippen molar-refractivity contribution in [3.05, 3.63) is 64.1 Å². The van der Waals surface area contributed by atoms with Crippen LogP contribution in [0.2, 0.25) is 10.0 Å². The summed E-state index contributed by atoms with van der Waals surface area (Å²) in [6, 6.07) is 0.961. The Morgan fingerprint density at radius 3 is 1.90 bits per heavy atom. The molecule has 0 aliphatic carbocycles. The molecular formula is C15H6BrCl2F6N3O4. The van der Waals surface area contributed by atoms with Crippen molar-refractivity contribution in [3.8, 4) is 0 Å². The topological polar surface area (TPSA) is 89.5 Å². The minimum atomic E-state index is -5.36. The summed E-state index contributed by atoms with van der Waals surface area (Å²) >= 11 is 14.3. The molecule has 2 rings (SSSR count). The van der Waals surface area contributed by atoms with Gasteiger partial charge in [-0.1, -0.05) is 39.1 Å². The Morgan fingerprint density at radius 2 is 1.48 bits per heavy atom. The molecule has 2 aromatic carbocycles. The van der Waals surface area contributed by atoms with Crippen molar-refractivity contribution in [2.45, 2.75) is 12.4 Å². The number of nitro benzene ring substituents is 2. The Hall–Kier alpha value is -2.32. The van der Waals surface area contributed by atoms with Crippen LogP contribution in [-0.2, 0) is 12.4 Å². The third-order valence-electron chi connectivity index (χ3n) is 3.89. The number of hydrogen-bond acceptors (Lipinski definition) is 5. The molecule has 0 atom stereocenters. The van der Waals surface area contributed by atoms with Crippen LogP contribution < -0.4 is 4.90 Å². The summed E-state index contributed by atoms with van der Waals surface area (Å²) in [5.41, 5.74) is -8.10. The molecule has 0 saturated carbocycles. The van der Waals surface area contributed by atoms with E-state index in [1.807, 2.05) is 0 Å². The lowest BCUT2D eigenvalue weighted by Gasteiger charge is -2.26. The molecule has 2 aromatic rings. The van der Waals surface area contributed by atoms with E-state index in [0.717, 1.165) is 7.05 Å². The molecule has 7 nitrogen and oxygen atoms in total. The van der Waals surface area contributed by atoms with E-state index in [0.29, 0.717) is 11.0 Å². The van der Waals surface area contributed by atoms with E-state index in [1.54, 1.807) is 0 Å². The van der Waals surface area contributed by atoms with E-state index in [1.165, 1.54) is 0 Å². The zero-order chi connectivity index (χ0) is 24.0. The highest BCUT2D eigenvalue weighted by molar-refractivity contribution is 9.10. The summed E-state index contributed by atoms with van der Waals surface area (Å²) in [7, 11) is 0.755. The van der Waals surface area contributed by atoms with Crippen LogP contribution in [0, 0.1) is 20.2 Å². The van der Waals surface area contributed by atoms with Crippen LogP contribution in [0.1, 0.15) is 11.1 Å². The van der Waals surface area contributed by atoms with E-state index in [4.69, 9.17) is 23.2 Å². The lowest BCUT2D eigenvalue weighted by Crippen LogP contribution is -2.20. The maximum atomic E-state index is 13.6. The van der Waals surface area contributed by atoms with Crippen molar-refractivity contribution in [1.29, 1.82) is 0 Å². The highest BCUT2D eigenvalue weighted by atomic mass is 79.9. The van der Waals surface area contributed by atoms with Crippen molar-refractivity contribution in [2.75, 3.05) is 11.9 Å². The molecule has 0 N–H and O–H groups in total. The van der Waals surface area contributed by atoms with Crippen LogP contribution in [0.4, 0.5) is 49.1 Å². The van der Waals surface area contributed by atoms with Gasteiger partial charge in [0.15, 0.2) is 0 Å². The first-order valence-corrected chi connectivity index (χ1v) is 9.05. The molecule has 16 heteroatoms. The third-order valence-corrected chi connectivity index (χ3v) is 5.17. The van der Waals surface area contributed by atoms with Gasteiger partial charge in [0.25, 0.3) is 11.4 Å². The Bertz CT molecular complexity index is 1090. The van der Waals surface area contributed by atoms with Crippen LogP contribution in [0.5, 0.6) is 0 Å². The number of halogens is 9. The van der Waals surface area contributed by atoms with Crippen LogP contribution in [0.3, 0.4) is 0 Å². The van der Waals surface area contributed by atoms with Crippen LogP contribution in [-0.4, -0.2) is 16.9 Å². The molecule has 0 aliphatic heterocycles. The summed E-state index contributed by atoms with van der Waals surface area (Å²) in [6.07, 6.45) is -10.4. The molecule has 0 saturated heterocycles. The summed E-state index contributed by atoms with van der Waals surface area (Å²) in [6.45, 7) is 0. The largest absolute Gasteiger partial charge is 0.419 e. The average Bonchev–Trinajstić information content (AvgIpc) is 2.57. The minimum absolute atomic E-state index is 0.0180. The molecule has 0 spiro atoms. The second kappa shape index (κ2) is 8.31. The fraction of sp³-hybridized carbons (Fsp3) is 0.200. The summed E-state index contributed by atoms with van der Waals surface area (Å²) < 4.78 is 80.3. The highest BCUT2D eigenvalue weighted by Crippen LogP contribution is 2.52. The Balaban J connectivity index is 2.98. The van der Waals surface area contributed by atoms with E-state index < -0.39 is 70.6 Å². The predicted octanol–water partition coefficient (Wildman–Crippen LogP) is 7.38. The summed E-state index contributed by atoms with van der Waals surface area (Å²) in [5.74, 6) is 0. The first-order chi connectivity index (χ1) is 14.0. The van der Waals surface area contributed by atoms with Crippen LogP contribution in [0.15, 0.2) is 22.7 Å². The average molecular weight is 557 g/mol. The lowest BCUT2D eigenvalue weighted by atomic mass is 10.1.